The highest BCUT2D eigenvalue weighted by molar-refractivity contribution is 7.86. The first-order chi connectivity index (χ1) is 13.5. The molecule has 12 heteroatoms. The molecule has 1 aliphatic rings. The molecule has 160 valence electrons. The molecule has 2 aromatic carbocycles. The van der Waals surface area contributed by atoms with Crippen LogP contribution < -0.4 is 34.1 Å². The molecule has 5 N–H and O–H groups in total. The molecule has 0 fully saturated rings. The molecule has 1 heterocycles. The van der Waals surface area contributed by atoms with Crippen molar-refractivity contribution in [1.82, 2.24) is 0 Å². The van der Waals surface area contributed by atoms with Gasteiger partial charge < -0.3 is 29.2 Å². The molecule has 0 unspecified atom stereocenters. The fourth-order valence-corrected chi connectivity index (χ4v) is 3.40. The monoisotopic (exact) mass is 453 g/mol. The average molecular weight is 454 g/mol. The Morgan fingerprint density at radius 3 is 2.33 bits per heavy atom. The Morgan fingerprint density at radius 2 is 1.77 bits per heavy atom. The summed E-state index contributed by atoms with van der Waals surface area (Å²) in [5.41, 5.74) is 12.1. The van der Waals surface area contributed by atoms with Crippen molar-refractivity contribution in [1.29, 1.82) is 0 Å². The number of guanidine groups is 2. The molecule has 0 aliphatic carbocycles. The lowest BCUT2D eigenvalue weighted by atomic mass is 10.1. The third kappa shape index (κ3) is 4.86. The average Bonchev–Trinajstić information content (AvgIpc) is 2.60. The first kappa shape index (κ1) is 23.1. The highest BCUT2D eigenvalue weighted by Gasteiger charge is 2.33. The van der Waals surface area contributed by atoms with Gasteiger partial charge in [0, 0.05) is 16.9 Å². The van der Waals surface area contributed by atoms with Gasteiger partial charge in [-0.3, -0.25) is 9.69 Å². The molecule has 1 aliphatic heterocycles. The minimum atomic E-state index is -4.80. The summed E-state index contributed by atoms with van der Waals surface area (Å²) in [7, 11) is -4.80. The zero-order valence-corrected chi connectivity index (χ0v) is 17.6. The van der Waals surface area contributed by atoms with E-state index in [0.717, 1.165) is 12.1 Å². The molecule has 2 aromatic rings. The first-order valence-electron chi connectivity index (χ1n) is 8.43. The number of benzene rings is 2. The van der Waals surface area contributed by atoms with Crippen LogP contribution in [-0.4, -0.2) is 31.9 Å². The molecule has 30 heavy (non-hydrogen) atoms. The van der Waals surface area contributed by atoms with E-state index in [4.69, 9.17) is 11.5 Å². The number of nitrogens with zero attached hydrogens (tertiary/aromatic N) is 3. The maximum atomic E-state index is 13.0. The fraction of sp³-hybridized carbons (Fsp3) is 0.167. The number of hydrogen-bond acceptors (Lipinski definition) is 8. The Kier molecular flexibility index (Phi) is 6.38. The van der Waals surface area contributed by atoms with Crippen molar-refractivity contribution in [3.63, 3.8) is 0 Å². The summed E-state index contributed by atoms with van der Waals surface area (Å²) in [6.45, 7) is 3.60. The number of nitrogens with two attached hydrogens (primary N) is 2. The maximum Gasteiger partial charge on any atom is 0.332 e. The van der Waals surface area contributed by atoms with Gasteiger partial charge in [0.2, 0.25) is 11.9 Å². The standard InChI is InChI=1S/C18H19FN6O3S.ClH/c1-18(2)24-16(20)23-17(21)25(18)13-5-3-4-11(10-13)15(26)22-12-6-8-14(9-7-12)29(19,27)28;/h3-10H,1-2H3,(H,22,26)(H4,20,21,23,24);1H/p-1. The number of aliphatic imine (C=N–C) groups is 2. The number of nitrogens with one attached hydrogen (secondary N) is 1. The van der Waals surface area contributed by atoms with Gasteiger partial charge in [-0.2, -0.15) is 13.4 Å². The van der Waals surface area contributed by atoms with Crippen molar-refractivity contribution in [2.45, 2.75) is 24.4 Å². The van der Waals surface area contributed by atoms with E-state index in [1.54, 1.807) is 43.0 Å². The van der Waals surface area contributed by atoms with Crippen molar-refractivity contribution < 1.29 is 29.5 Å². The van der Waals surface area contributed by atoms with Crippen LogP contribution in [0.25, 0.3) is 0 Å². The van der Waals surface area contributed by atoms with Crippen LogP contribution in [0.3, 0.4) is 0 Å². The Balaban J connectivity index is 0.00000320. The summed E-state index contributed by atoms with van der Waals surface area (Å²) >= 11 is 0. The second-order valence-electron chi connectivity index (χ2n) is 6.74. The van der Waals surface area contributed by atoms with Crippen molar-refractivity contribution >= 4 is 39.4 Å². The van der Waals surface area contributed by atoms with Crippen LogP contribution in [0.15, 0.2) is 63.4 Å². The lowest BCUT2D eigenvalue weighted by Gasteiger charge is -2.38. The maximum absolute atomic E-state index is 13.0. The van der Waals surface area contributed by atoms with Gasteiger partial charge in [0.15, 0.2) is 0 Å². The minimum Gasteiger partial charge on any atom is -1.00 e. The summed E-state index contributed by atoms with van der Waals surface area (Å²) in [6.07, 6.45) is 0. The van der Waals surface area contributed by atoms with Gasteiger partial charge >= 0.3 is 10.2 Å². The molecular formula is C18H19ClFN6O3S-. The third-order valence-corrected chi connectivity index (χ3v) is 4.99. The molecule has 0 aromatic heterocycles. The Bertz CT molecular complexity index is 1130. The van der Waals surface area contributed by atoms with E-state index >= 15 is 0 Å². The largest absolute Gasteiger partial charge is 1.00 e. The van der Waals surface area contributed by atoms with Gasteiger partial charge in [0.1, 0.15) is 5.66 Å². The van der Waals surface area contributed by atoms with E-state index in [0.29, 0.717) is 16.9 Å². The molecule has 3 rings (SSSR count). The number of halogens is 2. The first-order valence-corrected chi connectivity index (χ1v) is 9.81. The van der Waals surface area contributed by atoms with E-state index in [1.807, 2.05) is 0 Å². The van der Waals surface area contributed by atoms with E-state index in [-0.39, 0.29) is 24.3 Å². The summed E-state index contributed by atoms with van der Waals surface area (Å²) in [5.74, 6) is -0.240. The number of carbonyl (C=O) groups excluding carboxylic acids is 1. The number of hydrogen-bond donors (Lipinski definition) is 3. The van der Waals surface area contributed by atoms with Gasteiger partial charge in [-0.05, 0) is 56.3 Å². The number of rotatable bonds is 4. The number of anilines is 2. The fourth-order valence-electron chi connectivity index (χ4n) is 2.94. The molecule has 0 atom stereocenters. The lowest BCUT2D eigenvalue weighted by molar-refractivity contribution is -0.0000178. The minimum absolute atomic E-state index is 0. The molecule has 0 saturated heterocycles. The van der Waals surface area contributed by atoms with Crippen LogP contribution in [0, 0.1) is 0 Å². The molecule has 0 saturated carbocycles. The van der Waals surface area contributed by atoms with Gasteiger partial charge in [-0.25, -0.2) is 4.99 Å². The van der Waals surface area contributed by atoms with Crippen molar-refractivity contribution in [2.24, 2.45) is 21.5 Å². The smallest absolute Gasteiger partial charge is 0.332 e. The van der Waals surface area contributed by atoms with Gasteiger partial charge in [-0.15, -0.1) is 3.89 Å². The molecule has 1 amide bonds. The zero-order chi connectivity index (χ0) is 21.4. The van der Waals surface area contributed by atoms with Crippen molar-refractivity contribution in [2.75, 3.05) is 10.2 Å². The van der Waals surface area contributed by atoms with Gasteiger partial charge in [-0.1, -0.05) is 6.07 Å². The van der Waals surface area contributed by atoms with Gasteiger partial charge in [0.25, 0.3) is 5.91 Å². The van der Waals surface area contributed by atoms with E-state index < -0.39 is 26.7 Å². The quantitative estimate of drug-likeness (QED) is 0.495. The van der Waals surface area contributed by atoms with Crippen LogP contribution in [0.1, 0.15) is 24.2 Å². The highest BCUT2D eigenvalue weighted by Crippen LogP contribution is 2.28. The zero-order valence-electron chi connectivity index (χ0n) is 16.0. The SMILES string of the molecule is CC1(C)N=C(N)N=C(N)N1c1cccc(C(=O)Nc2ccc(S(=O)(=O)F)cc2)c1.[Cl-]. The Labute approximate surface area is 179 Å². The molecule has 9 nitrogen and oxygen atoms in total. The topological polar surface area (TPSA) is 143 Å². The second kappa shape index (κ2) is 8.28. The Hall–Kier alpha value is -3.18. The van der Waals surface area contributed by atoms with E-state index in [1.165, 1.54) is 12.1 Å². The summed E-state index contributed by atoms with van der Waals surface area (Å²) in [6, 6.07) is 11.4. The Morgan fingerprint density at radius 1 is 1.13 bits per heavy atom. The predicted molar refractivity (Wildman–Crippen MR) is 109 cm³/mol. The second-order valence-corrected chi connectivity index (χ2v) is 8.08. The molecule has 0 spiro atoms. The highest BCUT2D eigenvalue weighted by atomic mass is 35.5. The van der Waals surface area contributed by atoms with Crippen molar-refractivity contribution in [3.05, 3.63) is 54.1 Å². The summed E-state index contributed by atoms with van der Waals surface area (Å²) < 4.78 is 34.7. The summed E-state index contributed by atoms with van der Waals surface area (Å²) in [4.78, 5) is 22.0. The number of carbonyl (C=O) groups is 1. The van der Waals surface area contributed by atoms with Crippen molar-refractivity contribution in [3.8, 4) is 0 Å². The summed E-state index contributed by atoms with van der Waals surface area (Å²) in [5, 5.41) is 2.62. The van der Waals surface area contributed by atoms with E-state index in [9.17, 15) is 17.1 Å². The lowest BCUT2D eigenvalue weighted by Crippen LogP contribution is -3.00. The van der Waals surface area contributed by atoms with Crippen LogP contribution in [0.5, 0.6) is 0 Å². The van der Waals surface area contributed by atoms with Gasteiger partial charge in [0.05, 0.1) is 4.90 Å². The third-order valence-electron chi connectivity index (χ3n) is 4.15. The van der Waals surface area contributed by atoms with Crippen LogP contribution >= 0.6 is 0 Å². The predicted octanol–water partition coefficient (Wildman–Crippen LogP) is -1.21. The molecule has 0 bridgehead atoms. The molecule has 0 radical (unpaired) electrons. The van der Waals surface area contributed by atoms with Crippen LogP contribution in [0.2, 0.25) is 0 Å². The normalized spacial score (nSPS) is 15.5. The number of amides is 1. The molecular weight excluding hydrogens is 435 g/mol. The van der Waals surface area contributed by atoms with E-state index in [2.05, 4.69) is 15.3 Å². The van der Waals surface area contributed by atoms with Crippen LogP contribution in [-0.2, 0) is 10.2 Å². The van der Waals surface area contributed by atoms with Crippen LogP contribution in [0.4, 0.5) is 15.3 Å².